The van der Waals surface area contributed by atoms with Gasteiger partial charge in [-0.25, -0.2) is 0 Å². The van der Waals surface area contributed by atoms with Gasteiger partial charge in [-0.3, -0.25) is 4.90 Å². The Kier molecular flexibility index (Phi) is 3.44. The fraction of sp³-hybridized carbons (Fsp3) is 0.455. The number of hydrogen-bond donors (Lipinski definition) is 0. The summed E-state index contributed by atoms with van der Waals surface area (Å²) in [5, 5.41) is 6.04. The Morgan fingerprint density at radius 2 is 2.24 bits per heavy atom. The van der Waals surface area contributed by atoms with Crippen molar-refractivity contribution in [3.8, 4) is 10.7 Å². The molecule has 3 heterocycles. The predicted octanol–water partition coefficient (Wildman–Crippen LogP) is 2.35. The molecule has 17 heavy (non-hydrogen) atoms. The molecular weight excluding hydrogens is 254 g/mol. The maximum absolute atomic E-state index is 5.29. The SMILES string of the molecule is c1csc(-c2noc(CN3CCSCC3)n2)c1. The van der Waals surface area contributed by atoms with Crippen LogP contribution in [0.25, 0.3) is 10.7 Å². The average Bonchev–Trinajstić information content (AvgIpc) is 3.00. The van der Waals surface area contributed by atoms with E-state index in [1.54, 1.807) is 11.3 Å². The number of aromatic nitrogens is 2. The largest absolute Gasteiger partial charge is 0.338 e. The number of hydrogen-bond acceptors (Lipinski definition) is 6. The predicted molar refractivity (Wildman–Crippen MR) is 70.2 cm³/mol. The van der Waals surface area contributed by atoms with E-state index in [4.69, 9.17) is 4.52 Å². The summed E-state index contributed by atoms with van der Waals surface area (Å²) in [7, 11) is 0. The lowest BCUT2D eigenvalue weighted by Gasteiger charge is -2.24. The summed E-state index contributed by atoms with van der Waals surface area (Å²) in [4.78, 5) is 7.86. The highest BCUT2D eigenvalue weighted by Gasteiger charge is 2.15. The van der Waals surface area contributed by atoms with Gasteiger partial charge in [-0.05, 0) is 11.4 Å². The van der Waals surface area contributed by atoms with Gasteiger partial charge in [0.2, 0.25) is 11.7 Å². The van der Waals surface area contributed by atoms with Crippen molar-refractivity contribution in [2.45, 2.75) is 6.54 Å². The standard InChI is InChI=1S/C11H13N3OS2/c1-2-9(17-5-1)11-12-10(15-13-11)8-14-3-6-16-7-4-14/h1-2,5H,3-4,6-8H2. The molecule has 0 N–H and O–H groups in total. The van der Waals surface area contributed by atoms with E-state index in [0.717, 1.165) is 30.4 Å². The highest BCUT2D eigenvalue weighted by molar-refractivity contribution is 7.99. The quantitative estimate of drug-likeness (QED) is 0.854. The van der Waals surface area contributed by atoms with Crippen LogP contribution >= 0.6 is 23.1 Å². The van der Waals surface area contributed by atoms with Gasteiger partial charge in [-0.15, -0.1) is 11.3 Å². The van der Waals surface area contributed by atoms with Gasteiger partial charge < -0.3 is 4.52 Å². The Bertz CT molecular complexity index is 463. The number of nitrogens with zero attached hydrogens (tertiary/aromatic N) is 3. The van der Waals surface area contributed by atoms with Crippen molar-refractivity contribution in [1.29, 1.82) is 0 Å². The van der Waals surface area contributed by atoms with Crippen molar-refractivity contribution in [2.24, 2.45) is 0 Å². The van der Waals surface area contributed by atoms with Gasteiger partial charge >= 0.3 is 0 Å². The minimum absolute atomic E-state index is 0.710. The molecule has 0 amide bonds. The lowest BCUT2D eigenvalue weighted by Crippen LogP contribution is -2.32. The fourth-order valence-electron chi connectivity index (χ4n) is 1.78. The van der Waals surface area contributed by atoms with Crippen LogP contribution in [0.5, 0.6) is 0 Å². The maximum Gasteiger partial charge on any atom is 0.241 e. The lowest BCUT2D eigenvalue weighted by molar-refractivity contribution is 0.245. The van der Waals surface area contributed by atoms with Crippen LogP contribution in [0.3, 0.4) is 0 Å². The van der Waals surface area contributed by atoms with Crippen LogP contribution in [0.1, 0.15) is 5.89 Å². The van der Waals surface area contributed by atoms with Crippen LogP contribution in [0.4, 0.5) is 0 Å². The molecule has 0 radical (unpaired) electrons. The molecule has 0 atom stereocenters. The third-order valence-electron chi connectivity index (χ3n) is 2.67. The number of rotatable bonds is 3. The van der Waals surface area contributed by atoms with E-state index >= 15 is 0 Å². The van der Waals surface area contributed by atoms with E-state index in [1.807, 2.05) is 29.3 Å². The number of thiophene rings is 1. The van der Waals surface area contributed by atoms with Crippen molar-refractivity contribution < 1.29 is 4.52 Å². The molecule has 3 rings (SSSR count). The molecule has 0 unspecified atom stereocenters. The highest BCUT2D eigenvalue weighted by atomic mass is 32.2. The summed E-state index contributed by atoms with van der Waals surface area (Å²) in [5.74, 6) is 3.83. The lowest BCUT2D eigenvalue weighted by atomic mass is 10.4. The van der Waals surface area contributed by atoms with Crippen LogP contribution in [0, 0.1) is 0 Å². The maximum atomic E-state index is 5.29. The van der Waals surface area contributed by atoms with Gasteiger partial charge in [0, 0.05) is 24.6 Å². The van der Waals surface area contributed by atoms with E-state index in [2.05, 4.69) is 15.0 Å². The Morgan fingerprint density at radius 3 is 3.00 bits per heavy atom. The zero-order valence-corrected chi connectivity index (χ0v) is 11.0. The minimum Gasteiger partial charge on any atom is -0.338 e. The monoisotopic (exact) mass is 267 g/mol. The molecule has 1 aliphatic heterocycles. The first-order valence-corrected chi connectivity index (χ1v) is 7.62. The van der Waals surface area contributed by atoms with Crippen molar-refractivity contribution in [2.75, 3.05) is 24.6 Å². The van der Waals surface area contributed by atoms with Crippen LogP contribution in [0.15, 0.2) is 22.0 Å². The van der Waals surface area contributed by atoms with Crippen molar-refractivity contribution in [3.63, 3.8) is 0 Å². The summed E-state index contributed by atoms with van der Waals surface area (Å²) in [6.07, 6.45) is 0. The van der Waals surface area contributed by atoms with E-state index in [-0.39, 0.29) is 0 Å². The van der Waals surface area contributed by atoms with Crippen LogP contribution < -0.4 is 0 Å². The second-order valence-electron chi connectivity index (χ2n) is 3.88. The summed E-state index contributed by atoms with van der Waals surface area (Å²) in [6, 6.07) is 4.01. The third kappa shape index (κ3) is 2.70. The Hall–Kier alpha value is -0.850. The van der Waals surface area contributed by atoms with E-state index in [1.165, 1.54) is 11.5 Å². The normalized spacial score (nSPS) is 17.4. The molecular formula is C11H13N3OS2. The second-order valence-corrected chi connectivity index (χ2v) is 6.05. The molecule has 4 nitrogen and oxygen atoms in total. The molecule has 2 aromatic heterocycles. The van der Waals surface area contributed by atoms with Gasteiger partial charge in [0.15, 0.2) is 0 Å². The molecule has 0 spiro atoms. The van der Waals surface area contributed by atoms with Crippen molar-refractivity contribution in [3.05, 3.63) is 23.4 Å². The Labute approximate surface area is 108 Å². The van der Waals surface area contributed by atoms with Crippen LogP contribution in [-0.2, 0) is 6.54 Å². The molecule has 0 bridgehead atoms. The van der Waals surface area contributed by atoms with Gasteiger partial charge in [-0.1, -0.05) is 11.2 Å². The summed E-state index contributed by atoms with van der Waals surface area (Å²) >= 11 is 3.64. The zero-order chi connectivity index (χ0) is 11.5. The van der Waals surface area contributed by atoms with Crippen molar-refractivity contribution in [1.82, 2.24) is 15.0 Å². The number of thioether (sulfide) groups is 1. The zero-order valence-electron chi connectivity index (χ0n) is 9.33. The molecule has 0 aliphatic carbocycles. The summed E-state index contributed by atoms with van der Waals surface area (Å²) < 4.78 is 5.29. The molecule has 6 heteroatoms. The smallest absolute Gasteiger partial charge is 0.241 e. The average molecular weight is 267 g/mol. The minimum atomic E-state index is 0.710. The van der Waals surface area contributed by atoms with Gasteiger partial charge in [0.05, 0.1) is 11.4 Å². The van der Waals surface area contributed by atoms with Gasteiger partial charge in [0.1, 0.15) is 0 Å². The molecule has 0 saturated carbocycles. The summed E-state index contributed by atoms with van der Waals surface area (Å²) in [5.41, 5.74) is 0. The molecule has 1 saturated heterocycles. The second kappa shape index (κ2) is 5.20. The molecule has 1 aliphatic rings. The van der Waals surface area contributed by atoms with Crippen LogP contribution in [-0.4, -0.2) is 39.6 Å². The van der Waals surface area contributed by atoms with Gasteiger partial charge in [0.25, 0.3) is 0 Å². The van der Waals surface area contributed by atoms with Gasteiger partial charge in [-0.2, -0.15) is 16.7 Å². The summed E-state index contributed by atoms with van der Waals surface area (Å²) in [6.45, 7) is 3.00. The first-order valence-electron chi connectivity index (χ1n) is 5.58. The Morgan fingerprint density at radius 1 is 1.35 bits per heavy atom. The first kappa shape index (κ1) is 11.3. The van der Waals surface area contributed by atoms with Crippen molar-refractivity contribution >= 4 is 23.1 Å². The Balaban J connectivity index is 1.68. The molecule has 0 aromatic carbocycles. The van der Waals surface area contributed by atoms with E-state index < -0.39 is 0 Å². The first-order chi connectivity index (χ1) is 8.42. The van der Waals surface area contributed by atoms with E-state index in [9.17, 15) is 0 Å². The fourth-order valence-corrected chi connectivity index (χ4v) is 3.40. The third-order valence-corrected chi connectivity index (χ3v) is 4.48. The topological polar surface area (TPSA) is 42.2 Å². The van der Waals surface area contributed by atoms with E-state index in [0.29, 0.717) is 5.82 Å². The molecule has 90 valence electrons. The van der Waals surface area contributed by atoms with Crippen LogP contribution in [0.2, 0.25) is 0 Å². The molecule has 1 fully saturated rings. The molecule has 2 aromatic rings. The highest BCUT2D eigenvalue weighted by Crippen LogP contribution is 2.21.